The third-order valence-electron chi connectivity index (χ3n) is 2.60. The van der Waals surface area contributed by atoms with E-state index in [1.807, 2.05) is 0 Å². The molecular formula is C11H8F3N5O. The van der Waals surface area contributed by atoms with Crippen molar-refractivity contribution in [2.45, 2.75) is 12.7 Å². The Hall–Kier alpha value is -2.58. The lowest BCUT2D eigenvalue weighted by molar-refractivity contribution is -0.141. The molecule has 3 aromatic rings. The van der Waals surface area contributed by atoms with Crippen LogP contribution in [0.15, 0.2) is 35.2 Å². The highest BCUT2D eigenvalue weighted by Crippen LogP contribution is 2.30. The highest BCUT2D eigenvalue weighted by molar-refractivity contribution is 5.67. The largest absolute Gasteiger partial charge is 0.435 e. The van der Waals surface area contributed by atoms with E-state index in [-0.39, 0.29) is 17.9 Å². The normalized spacial score (nSPS) is 11.9. The van der Waals surface area contributed by atoms with Crippen LogP contribution in [-0.4, -0.2) is 19.8 Å². The Morgan fingerprint density at radius 1 is 1.30 bits per heavy atom. The van der Waals surface area contributed by atoms with Gasteiger partial charge in [0.25, 0.3) is 0 Å². The number of halogens is 3. The predicted molar refractivity (Wildman–Crippen MR) is 61.8 cm³/mol. The van der Waals surface area contributed by atoms with E-state index in [9.17, 15) is 13.2 Å². The molecule has 0 spiro atoms. The van der Waals surface area contributed by atoms with E-state index in [4.69, 9.17) is 4.52 Å². The van der Waals surface area contributed by atoms with Crippen molar-refractivity contribution in [3.8, 4) is 0 Å². The summed E-state index contributed by atoms with van der Waals surface area (Å²) < 4.78 is 43.9. The van der Waals surface area contributed by atoms with Gasteiger partial charge < -0.3 is 9.84 Å². The molecule has 3 heterocycles. The first-order valence-corrected chi connectivity index (χ1v) is 5.59. The van der Waals surface area contributed by atoms with Crippen molar-refractivity contribution in [1.82, 2.24) is 19.8 Å². The fourth-order valence-corrected chi connectivity index (χ4v) is 1.70. The Kier molecular flexibility index (Phi) is 2.81. The zero-order chi connectivity index (χ0) is 14.2. The molecular weight excluding hydrogens is 275 g/mol. The Morgan fingerprint density at radius 2 is 2.15 bits per heavy atom. The molecule has 20 heavy (non-hydrogen) atoms. The van der Waals surface area contributed by atoms with Crippen molar-refractivity contribution in [2.75, 3.05) is 5.32 Å². The van der Waals surface area contributed by atoms with Gasteiger partial charge >= 0.3 is 6.18 Å². The number of fused-ring (bicyclic) bond motifs is 1. The zero-order valence-corrected chi connectivity index (χ0v) is 9.92. The van der Waals surface area contributed by atoms with E-state index >= 15 is 0 Å². The van der Waals surface area contributed by atoms with E-state index in [1.165, 1.54) is 18.6 Å². The first-order valence-electron chi connectivity index (χ1n) is 5.59. The lowest BCUT2D eigenvalue weighted by atomic mass is 10.3. The Bertz CT molecular complexity index is 719. The monoisotopic (exact) mass is 283 g/mol. The van der Waals surface area contributed by atoms with Crippen molar-refractivity contribution in [3.63, 3.8) is 0 Å². The van der Waals surface area contributed by atoms with Crippen LogP contribution in [-0.2, 0) is 12.7 Å². The fraction of sp³-hybridized carbons (Fsp3) is 0.182. The molecule has 1 N–H and O–H groups in total. The molecule has 0 radical (unpaired) electrons. The maximum Gasteiger partial charge on any atom is 0.435 e. The average Bonchev–Trinajstić information content (AvgIpc) is 3.04. The van der Waals surface area contributed by atoms with Crippen molar-refractivity contribution in [3.05, 3.63) is 42.2 Å². The third kappa shape index (κ3) is 2.29. The number of hydrogen-bond donors (Lipinski definition) is 1. The summed E-state index contributed by atoms with van der Waals surface area (Å²) in [5, 5.41) is 9.88. The number of aromatic nitrogens is 4. The van der Waals surface area contributed by atoms with Gasteiger partial charge in [-0.3, -0.25) is 0 Å². The summed E-state index contributed by atoms with van der Waals surface area (Å²) >= 11 is 0. The van der Waals surface area contributed by atoms with E-state index in [1.54, 1.807) is 6.07 Å². The van der Waals surface area contributed by atoms with Crippen molar-refractivity contribution in [1.29, 1.82) is 0 Å². The molecule has 3 rings (SSSR count). The van der Waals surface area contributed by atoms with Crippen LogP contribution >= 0.6 is 0 Å². The maximum absolute atomic E-state index is 12.6. The van der Waals surface area contributed by atoms with Gasteiger partial charge in [0.05, 0.1) is 12.7 Å². The van der Waals surface area contributed by atoms with Crippen LogP contribution in [0.1, 0.15) is 11.5 Å². The van der Waals surface area contributed by atoms with Crippen LogP contribution < -0.4 is 5.32 Å². The van der Waals surface area contributed by atoms with Crippen molar-refractivity contribution >= 4 is 11.3 Å². The van der Waals surface area contributed by atoms with E-state index < -0.39 is 11.9 Å². The van der Waals surface area contributed by atoms with Crippen molar-refractivity contribution < 1.29 is 17.7 Å². The molecule has 6 nitrogen and oxygen atoms in total. The zero-order valence-electron chi connectivity index (χ0n) is 9.92. The molecule has 0 aliphatic carbocycles. The summed E-state index contributed by atoms with van der Waals surface area (Å²) in [6.45, 7) is 0.263. The van der Waals surface area contributed by atoms with Crippen LogP contribution in [0.3, 0.4) is 0 Å². The van der Waals surface area contributed by atoms with Gasteiger partial charge in [0.1, 0.15) is 5.52 Å². The van der Waals surface area contributed by atoms with Gasteiger partial charge in [-0.25, -0.2) is 9.50 Å². The number of anilines is 1. The second kappa shape index (κ2) is 4.51. The van der Waals surface area contributed by atoms with Gasteiger partial charge in [-0.2, -0.15) is 18.3 Å². The quantitative estimate of drug-likeness (QED) is 0.799. The van der Waals surface area contributed by atoms with Gasteiger partial charge in [-0.1, -0.05) is 5.16 Å². The van der Waals surface area contributed by atoms with Gasteiger partial charge in [-0.05, 0) is 0 Å². The van der Waals surface area contributed by atoms with Gasteiger partial charge in [0.15, 0.2) is 17.3 Å². The van der Waals surface area contributed by atoms with Crippen LogP contribution in [0.25, 0.3) is 5.52 Å². The summed E-state index contributed by atoms with van der Waals surface area (Å²) in [6.07, 6.45) is -0.299. The van der Waals surface area contributed by atoms with Gasteiger partial charge in [0.2, 0.25) is 0 Å². The number of nitrogens with one attached hydrogen (secondary N) is 1. The number of nitrogens with zero attached hydrogens (tertiary/aromatic N) is 4. The second-order valence-corrected chi connectivity index (χ2v) is 3.97. The molecule has 0 amide bonds. The minimum atomic E-state index is -4.49. The smallest absolute Gasteiger partial charge is 0.361 e. The van der Waals surface area contributed by atoms with Crippen LogP contribution in [0.4, 0.5) is 19.0 Å². The number of hydrogen-bond acceptors (Lipinski definition) is 5. The summed E-state index contributed by atoms with van der Waals surface area (Å²) in [5.74, 6) is 0.830. The molecule has 0 saturated carbocycles. The minimum absolute atomic E-state index is 0.236. The Morgan fingerprint density at radius 3 is 2.85 bits per heavy atom. The lowest BCUT2D eigenvalue weighted by Crippen LogP contribution is -2.05. The van der Waals surface area contributed by atoms with Crippen LogP contribution in [0.2, 0.25) is 0 Å². The highest BCUT2D eigenvalue weighted by atomic mass is 19.4. The molecule has 9 heteroatoms. The first kappa shape index (κ1) is 12.5. The summed E-state index contributed by atoms with van der Waals surface area (Å²) in [4.78, 5) is 4.00. The molecule has 0 aliphatic heterocycles. The fourth-order valence-electron chi connectivity index (χ4n) is 1.70. The second-order valence-electron chi connectivity index (χ2n) is 3.97. The SMILES string of the molecule is FC(F)(F)c1cc2c(NCc3ccno3)nccn2n1. The molecule has 0 fully saturated rings. The highest BCUT2D eigenvalue weighted by Gasteiger charge is 2.34. The Labute approximate surface area is 110 Å². The summed E-state index contributed by atoms with van der Waals surface area (Å²) in [5.41, 5.74) is -0.729. The average molecular weight is 283 g/mol. The van der Waals surface area contributed by atoms with Crippen LogP contribution in [0, 0.1) is 0 Å². The summed E-state index contributed by atoms with van der Waals surface area (Å²) in [6, 6.07) is 2.58. The molecule has 3 aromatic heterocycles. The molecule has 0 atom stereocenters. The minimum Gasteiger partial charge on any atom is -0.361 e. The molecule has 0 unspecified atom stereocenters. The molecule has 0 aromatic carbocycles. The van der Waals surface area contributed by atoms with Crippen LogP contribution in [0.5, 0.6) is 0 Å². The first-order chi connectivity index (χ1) is 9.54. The van der Waals surface area contributed by atoms with E-state index in [0.717, 1.165) is 10.6 Å². The molecule has 104 valence electrons. The molecule has 0 bridgehead atoms. The standard InChI is InChI=1S/C11H8F3N5O/c12-11(13,14)9-5-8-10(15-3-4-19(8)18-9)16-6-7-1-2-17-20-7/h1-5H,6H2,(H,15,16). The molecule has 0 aliphatic rings. The number of alkyl halides is 3. The van der Waals surface area contributed by atoms with Crippen molar-refractivity contribution in [2.24, 2.45) is 0 Å². The molecule has 0 saturated heterocycles. The predicted octanol–water partition coefficient (Wildman–Crippen LogP) is 2.35. The van der Waals surface area contributed by atoms with E-state index in [0.29, 0.717) is 5.76 Å². The Balaban J connectivity index is 1.92. The summed E-state index contributed by atoms with van der Waals surface area (Å²) in [7, 11) is 0. The maximum atomic E-state index is 12.6. The van der Waals surface area contributed by atoms with Gasteiger partial charge in [0, 0.05) is 24.5 Å². The third-order valence-corrected chi connectivity index (χ3v) is 2.60. The number of rotatable bonds is 3. The van der Waals surface area contributed by atoms with E-state index in [2.05, 4.69) is 20.6 Å². The topological polar surface area (TPSA) is 68.2 Å². The van der Waals surface area contributed by atoms with Gasteiger partial charge in [-0.15, -0.1) is 0 Å². The lowest BCUT2D eigenvalue weighted by Gasteiger charge is -2.03.